The third-order valence-electron chi connectivity index (χ3n) is 1.66. The molecule has 1 aliphatic heterocycles. The van der Waals surface area contributed by atoms with Crippen LogP contribution < -0.4 is 10.0 Å². The highest BCUT2D eigenvalue weighted by Crippen LogP contribution is 2.01. The van der Waals surface area contributed by atoms with Crippen molar-refractivity contribution in [3.05, 3.63) is 0 Å². The molecule has 0 spiro atoms. The van der Waals surface area contributed by atoms with Gasteiger partial charge in [-0.05, 0) is 0 Å². The van der Waals surface area contributed by atoms with Crippen molar-refractivity contribution in [2.45, 2.75) is 0 Å². The molecule has 2 N–H and O–H groups in total. The van der Waals surface area contributed by atoms with Gasteiger partial charge in [0.15, 0.2) is 0 Å². The van der Waals surface area contributed by atoms with Crippen molar-refractivity contribution in [1.29, 1.82) is 0 Å². The fourth-order valence-electron chi connectivity index (χ4n) is 0.992. The van der Waals surface area contributed by atoms with Crippen LogP contribution in [0.25, 0.3) is 0 Å². The summed E-state index contributed by atoms with van der Waals surface area (Å²) in [5, 5.41) is 1.92. The van der Waals surface area contributed by atoms with Crippen LogP contribution >= 0.6 is 0 Å². The summed E-state index contributed by atoms with van der Waals surface area (Å²) >= 11 is 0. The molecule has 10 heteroatoms. The third-order valence-corrected chi connectivity index (χ3v) is 3.02. The number of ether oxygens (including phenoxy) is 1. The topological polar surface area (TPSA) is 122 Å². The van der Waals surface area contributed by atoms with Gasteiger partial charge in [0.25, 0.3) is 0 Å². The number of rotatable bonds is 2. The maximum Gasteiger partial charge on any atom is 0.421 e. The van der Waals surface area contributed by atoms with Crippen molar-refractivity contribution in [3.63, 3.8) is 0 Å². The summed E-state index contributed by atoms with van der Waals surface area (Å²) in [6.07, 6.45) is -1.20. The Morgan fingerprint density at radius 2 is 1.88 bits per heavy atom. The van der Waals surface area contributed by atoms with Gasteiger partial charge in [0.2, 0.25) is 11.8 Å². The fraction of sp³-hybridized carbons (Fsp3) is 0.500. The SMILES string of the molecule is COC(=O)NS(=O)(=O)N1CC(=O)NC(=O)C1. The van der Waals surface area contributed by atoms with E-state index in [9.17, 15) is 22.8 Å². The average molecular weight is 251 g/mol. The molecule has 0 unspecified atom stereocenters. The van der Waals surface area contributed by atoms with Gasteiger partial charge < -0.3 is 4.74 Å². The molecule has 0 aliphatic carbocycles. The number of amides is 3. The highest BCUT2D eigenvalue weighted by molar-refractivity contribution is 7.87. The van der Waals surface area contributed by atoms with Gasteiger partial charge in [0.1, 0.15) is 0 Å². The van der Waals surface area contributed by atoms with Crippen LogP contribution in [0.2, 0.25) is 0 Å². The second-order valence-corrected chi connectivity index (χ2v) is 4.51. The second-order valence-electron chi connectivity index (χ2n) is 2.84. The predicted molar refractivity (Wildman–Crippen MR) is 49.2 cm³/mol. The quantitative estimate of drug-likeness (QED) is 0.525. The van der Waals surface area contributed by atoms with Crippen LogP contribution in [0.15, 0.2) is 0 Å². The van der Waals surface area contributed by atoms with Gasteiger partial charge in [0.05, 0.1) is 20.2 Å². The lowest BCUT2D eigenvalue weighted by Crippen LogP contribution is -2.56. The summed E-state index contributed by atoms with van der Waals surface area (Å²) in [5.41, 5.74) is 0. The van der Waals surface area contributed by atoms with Crippen molar-refractivity contribution in [2.24, 2.45) is 0 Å². The number of carbonyl (C=O) groups is 3. The van der Waals surface area contributed by atoms with E-state index in [-0.39, 0.29) is 0 Å². The Balaban J connectivity index is 2.79. The van der Waals surface area contributed by atoms with Gasteiger partial charge >= 0.3 is 16.3 Å². The number of hydrogen-bond acceptors (Lipinski definition) is 6. The molecule has 0 aromatic carbocycles. The molecule has 0 aromatic rings. The number of methoxy groups -OCH3 is 1. The number of imide groups is 1. The Morgan fingerprint density at radius 1 is 1.38 bits per heavy atom. The summed E-state index contributed by atoms with van der Waals surface area (Å²) in [6.45, 7) is -1.06. The highest BCUT2D eigenvalue weighted by atomic mass is 32.2. The molecule has 0 bridgehead atoms. The monoisotopic (exact) mass is 251 g/mol. The second kappa shape index (κ2) is 4.45. The minimum Gasteiger partial charge on any atom is -0.452 e. The Labute approximate surface area is 90.9 Å². The maximum absolute atomic E-state index is 11.4. The summed E-state index contributed by atoms with van der Waals surface area (Å²) in [7, 11) is -3.25. The first kappa shape index (κ1) is 12.4. The van der Waals surface area contributed by atoms with Crippen LogP contribution in [-0.4, -0.2) is 50.8 Å². The number of carbonyl (C=O) groups excluding carboxylic acids is 3. The first-order valence-electron chi connectivity index (χ1n) is 4.03. The molecular formula is C6H9N3O6S. The van der Waals surface area contributed by atoms with Crippen molar-refractivity contribution < 1.29 is 27.5 Å². The zero-order chi connectivity index (χ0) is 12.3. The Bertz CT molecular complexity index is 414. The zero-order valence-corrected chi connectivity index (χ0v) is 9.04. The minimum absolute atomic E-state index is 0.530. The van der Waals surface area contributed by atoms with Crippen molar-refractivity contribution >= 4 is 28.1 Å². The van der Waals surface area contributed by atoms with Crippen LogP contribution in [0.5, 0.6) is 0 Å². The predicted octanol–water partition coefficient (Wildman–Crippen LogP) is -2.45. The molecule has 1 heterocycles. The smallest absolute Gasteiger partial charge is 0.421 e. The van der Waals surface area contributed by atoms with Crippen molar-refractivity contribution in [2.75, 3.05) is 20.2 Å². The molecule has 9 nitrogen and oxygen atoms in total. The summed E-state index contributed by atoms with van der Waals surface area (Å²) in [5.74, 6) is -1.52. The van der Waals surface area contributed by atoms with Crippen LogP contribution in [0.1, 0.15) is 0 Å². The molecule has 0 atom stereocenters. The summed E-state index contributed by atoms with van der Waals surface area (Å²) in [6, 6.07) is 0. The molecule has 1 saturated heterocycles. The van der Waals surface area contributed by atoms with E-state index in [4.69, 9.17) is 0 Å². The van der Waals surface area contributed by atoms with Gasteiger partial charge in [-0.25, -0.2) is 9.52 Å². The average Bonchev–Trinajstić information content (AvgIpc) is 2.15. The lowest BCUT2D eigenvalue weighted by molar-refractivity contribution is -0.134. The van der Waals surface area contributed by atoms with E-state index < -0.39 is 41.2 Å². The van der Waals surface area contributed by atoms with Gasteiger partial charge in [-0.15, -0.1) is 0 Å². The standard InChI is InChI=1S/C6H9N3O6S/c1-15-6(12)8-16(13,14)9-2-4(10)7-5(11)3-9/h2-3H2,1H3,(H,8,12)(H,7,10,11). The molecule has 1 fully saturated rings. The zero-order valence-electron chi connectivity index (χ0n) is 8.22. The number of piperazine rings is 1. The maximum atomic E-state index is 11.4. The van der Waals surface area contributed by atoms with E-state index in [1.807, 2.05) is 5.32 Å². The third kappa shape index (κ3) is 2.90. The van der Waals surface area contributed by atoms with Gasteiger partial charge in [-0.2, -0.15) is 12.7 Å². The Hall–Kier alpha value is -1.68. The summed E-state index contributed by atoms with van der Waals surface area (Å²) < 4.78 is 29.0. The lowest BCUT2D eigenvalue weighted by atomic mass is 10.4. The molecule has 90 valence electrons. The van der Waals surface area contributed by atoms with E-state index in [0.717, 1.165) is 7.11 Å². The first-order chi connectivity index (χ1) is 7.35. The normalized spacial score (nSPS) is 17.8. The van der Waals surface area contributed by atoms with Crippen molar-refractivity contribution in [3.8, 4) is 0 Å². The molecule has 1 aliphatic rings. The van der Waals surface area contributed by atoms with Crippen LogP contribution in [0.4, 0.5) is 4.79 Å². The van der Waals surface area contributed by atoms with Crippen LogP contribution in [0.3, 0.4) is 0 Å². The largest absolute Gasteiger partial charge is 0.452 e. The van der Waals surface area contributed by atoms with Gasteiger partial charge in [-0.1, -0.05) is 0 Å². The minimum atomic E-state index is -4.23. The first-order valence-corrected chi connectivity index (χ1v) is 5.47. The van der Waals surface area contributed by atoms with Crippen LogP contribution in [0, 0.1) is 0 Å². The summed E-state index contributed by atoms with van der Waals surface area (Å²) in [4.78, 5) is 32.5. The Kier molecular flexibility index (Phi) is 3.44. The number of hydrogen-bond donors (Lipinski definition) is 2. The molecule has 3 amide bonds. The van der Waals surface area contributed by atoms with Crippen molar-refractivity contribution in [1.82, 2.24) is 14.3 Å². The molecule has 16 heavy (non-hydrogen) atoms. The van der Waals surface area contributed by atoms with Gasteiger partial charge in [0, 0.05) is 0 Å². The fourth-order valence-corrected chi connectivity index (χ4v) is 1.99. The molecular weight excluding hydrogens is 242 g/mol. The number of nitrogens with one attached hydrogen (secondary N) is 2. The van der Waals surface area contributed by atoms with Crippen LogP contribution in [-0.2, 0) is 24.5 Å². The van der Waals surface area contributed by atoms with E-state index in [0.29, 0.717) is 4.31 Å². The Morgan fingerprint density at radius 3 is 2.31 bits per heavy atom. The van der Waals surface area contributed by atoms with E-state index >= 15 is 0 Å². The van der Waals surface area contributed by atoms with Gasteiger partial charge in [-0.3, -0.25) is 14.9 Å². The molecule has 0 saturated carbocycles. The number of nitrogens with zero attached hydrogens (tertiary/aromatic N) is 1. The lowest BCUT2D eigenvalue weighted by Gasteiger charge is -2.24. The van der Waals surface area contributed by atoms with E-state index in [2.05, 4.69) is 4.74 Å². The van der Waals surface area contributed by atoms with E-state index in [1.54, 1.807) is 0 Å². The molecule has 1 rings (SSSR count). The van der Waals surface area contributed by atoms with E-state index in [1.165, 1.54) is 4.72 Å². The highest BCUT2D eigenvalue weighted by Gasteiger charge is 2.32. The molecule has 0 aromatic heterocycles. The molecule has 0 radical (unpaired) electrons.